The van der Waals surface area contributed by atoms with E-state index >= 15 is 0 Å². The van der Waals surface area contributed by atoms with Gasteiger partial charge in [-0.25, -0.2) is 14.6 Å². The zero-order valence-corrected chi connectivity index (χ0v) is 18.6. The molecule has 0 spiro atoms. The Bertz CT molecular complexity index is 1090. The summed E-state index contributed by atoms with van der Waals surface area (Å²) in [6.07, 6.45) is 4.47. The summed E-state index contributed by atoms with van der Waals surface area (Å²) >= 11 is 1.40. The maximum absolute atomic E-state index is 10.9. The normalized spacial score (nSPS) is 19.5. The summed E-state index contributed by atoms with van der Waals surface area (Å²) < 4.78 is 7.52. The molecule has 0 aromatic carbocycles. The van der Waals surface area contributed by atoms with Crippen LogP contribution in [-0.4, -0.2) is 87.9 Å². The average molecular weight is 458 g/mol. The molecular formula is C20H27N9O2S. The zero-order valence-electron chi connectivity index (χ0n) is 17.8. The number of rotatable bonds is 6. The van der Waals surface area contributed by atoms with E-state index in [2.05, 4.69) is 14.8 Å². The van der Waals surface area contributed by atoms with Crippen molar-refractivity contribution in [2.24, 2.45) is 5.73 Å². The van der Waals surface area contributed by atoms with Crippen LogP contribution in [0.1, 0.15) is 18.9 Å². The van der Waals surface area contributed by atoms with Gasteiger partial charge in [0.15, 0.2) is 10.8 Å². The molecular weight excluding hydrogens is 430 g/mol. The standard InChI is InChI=1S/C20H27N9O2S/c21-13(11-30)10-27-3-1-14(2-4-27)29-18-15(9-23-29)17(16-12-32-19(22)24-16)25-20(26-18)28-5-7-31-8-6-28/h9,11-14H,1-8,10,21H2,(H2,22,24)/t13-/m0/s1. The van der Waals surface area contributed by atoms with Crippen molar-refractivity contribution in [2.75, 3.05) is 56.6 Å². The van der Waals surface area contributed by atoms with Crippen molar-refractivity contribution in [3.05, 3.63) is 11.6 Å². The number of nitrogen functional groups attached to an aromatic ring is 1. The highest BCUT2D eigenvalue weighted by atomic mass is 32.1. The molecule has 0 amide bonds. The van der Waals surface area contributed by atoms with E-state index < -0.39 is 6.04 Å². The van der Waals surface area contributed by atoms with Gasteiger partial charge in [-0.05, 0) is 12.8 Å². The summed E-state index contributed by atoms with van der Waals surface area (Å²) in [5, 5.41) is 8.02. The SMILES string of the molecule is Nc1nc(-c2nc(N3CCOCC3)nc3c2cnn3C2CCN(C[C@H](N)C=O)CC2)cs1. The molecule has 1 atom stereocenters. The first-order valence-corrected chi connectivity index (χ1v) is 11.7. The van der Waals surface area contributed by atoms with E-state index in [1.54, 1.807) is 0 Å². The van der Waals surface area contributed by atoms with Crippen LogP contribution in [0.4, 0.5) is 11.1 Å². The van der Waals surface area contributed by atoms with Crippen LogP contribution in [0.25, 0.3) is 22.4 Å². The topological polar surface area (TPSA) is 141 Å². The van der Waals surface area contributed by atoms with Gasteiger partial charge in [0.05, 0.1) is 36.9 Å². The van der Waals surface area contributed by atoms with Gasteiger partial charge in [-0.1, -0.05) is 0 Å². The summed E-state index contributed by atoms with van der Waals surface area (Å²) in [5.74, 6) is 0.665. The van der Waals surface area contributed by atoms with Crippen LogP contribution in [0.3, 0.4) is 0 Å². The molecule has 3 aromatic rings. The van der Waals surface area contributed by atoms with Crippen LogP contribution >= 0.6 is 11.3 Å². The summed E-state index contributed by atoms with van der Waals surface area (Å²) in [5.41, 5.74) is 14.0. The molecule has 5 heterocycles. The fourth-order valence-corrected chi connectivity index (χ4v) is 4.91. The molecule has 0 unspecified atom stereocenters. The number of nitrogens with two attached hydrogens (primary N) is 2. The maximum atomic E-state index is 10.9. The first-order chi connectivity index (χ1) is 15.6. The van der Waals surface area contributed by atoms with Gasteiger partial charge < -0.3 is 30.8 Å². The van der Waals surface area contributed by atoms with E-state index in [1.165, 1.54) is 11.3 Å². The second-order valence-electron chi connectivity index (χ2n) is 8.20. The van der Waals surface area contributed by atoms with Crippen LogP contribution in [-0.2, 0) is 9.53 Å². The Morgan fingerprint density at radius 1 is 1.19 bits per heavy atom. The van der Waals surface area contributed by atoms with Crippen LogP contribution in [0.2, 0.25) is 0 Å². The Morgan fingerprint density at radius 2 is 1.97 bits per heavy atom. The van der Waals surface area contributed by atoms with Gasteiger partial charge in [0.2, 0.25) is 5.95 Å². The van der Waals surface area contributed by atoms with Crippen LogP contribution in [0, 0.1) is 0 Å². The number of aldehydes is 1. The van der Waals surface area contributed by atoms with Crippen LogP contribution in [0.15, 0.2) is 11.6 Å². The average Bonchev–Trinajstić information content (AvgIpc) is 3.46. The lowest BCUT2D eigenvalue weighted by atomic mass is 10.0. The van der Waals surface area contributed by atoms with Gasteiger partial charge in [0.1, 0.15) is 17.7 Å². The number of anilines is 2. The molecule has 2 aliphatic rings. The summed E-state index contributed by atoms with van der Waals surface area (Å²) in [6.45, 7) is 5.12. The number of aromatic nitrogens is 5. The number of carbonyl (C=O) groups is 1. The zero-order chi connectivity index (χ0) is 22.1. The molecule has 2 fully saturated rings. The minimum absolute atomic E-state index is 0.219. The second-order valence-corrected chi connectivity index (χ2v) is 9.09. The number of nitrogens with zero attached hydrogens (tertiary/aromatic N) is 7. The van der Waals surface area contributed by atoms with Crippen molar-refractivity contribution in [1.82, 2.24) is 29.6 Å². The Kier molecular flexibility index (Phi) is 6.00. The fourth-order valence-electron chi connectivity index (χ4n) is 4.37. The number of fused-ring (bicyclic) bond motifs is 1. The first-order valence-electron chi connectivity index (χ1n) is 10.8. The van der Waals surface area contributed by atoms with E-state index in [0.29, 0.717) is 30.8 Å². The summed E-state index contributed by atoms with van der Waals surface area (Å²) in [4.78, 5) is 29.5. The van der Waals surface area contributed by atoms with E-state index in [-0.39, 0.29) is 6.04 Å². The predicted molar refractivity (Wildman–Crippen MR) is 123 cm³/mol. The third-order valence-electron chi connectivity index (χ3n) is 6.05. The monoisotopic (exact) mass is 457 g/mol. The van der Waals surface area contributed by atoms with Crippen molar-refractivity contribution in [2.45, 2.75) is 24.9 Å². The third-order valence-corrected chi connectivity index (χ3v) is 6.72. The van der Waals surface area contributed by atoms with E-state index in [1.807, 2.05) is 16.3 Å². The van der Waals surface area contributed by atoms with Crippen molar-refractivity contribution in [3.63, 3.8) is 0 Å². The van der Waals surface area contributed by atoms with E-state index in [9.17, 15) is 4.79 Å². The summed E-state index contributed by atoms with van der Waals surface area (Å²) in [6, 6.07) is -0.217. The molecule has 2 aliphatic heterocycles. The highest BCUT2D eigenvalue weighted by Gasteiger charge is 2.26. The number of morpholine rings is 1. The number of carbonyl (C=O) groups excluding carboxylic acids is 1. The minimum Gasteiger partial charge on any atom is -0.378 e. The van der Waals surface area contributed by atoms with E-state index in [4.69, 9.17) is 31.3 Å². The van der Waals surface area contributed by atoms with Gasteiger partial charge in [-0.2, -0.15) is 10.1 Å². The molecule has 0 aliphatic carbocycles. The van der Waals surface area contributed by atoms with Crippen molar-refractivity contribution >= 4 is 39.7 Å². The lowest BCUT2D eigenvalue weighted by Crippen LogP contribution is -2.43. The summed E-state index contributed by atoms with van der Waals surface area (Å²) in [7, 11) is 0. The lowest BCUT2D eigenvalue weighted by molar-refractivity contribution is -0.109. The minimum atomic E-state index is -0.436. The second kappa shape index (κ2) is 9.06. The lowest BCUT2D eigenvalue weighted by Gasteiger charge is -2.33. The number of ether oxygens (including phenoxy) is 1. The Balaban J connectivity index is 1.48. The highest BCUT2D eigenvalue weighted by Crippen LogP contribution is 2.33. The molecule has 0 radical (unpaired) electrons. The molecule has 5 rings (SSSR count). The molecule has 2 saturated heterocycles. The van der Waals surface area contributed by atoms with Gasteiger partial charge in [-0.3, -0.25) is 0 Å². The largest absolute Gasteiger partial charge is 0.378 e. The Hall–Kier alpha value is -2.67. The maximum Gasteiger partial charge on any atom is 0.228 e. The van der Waals surface area contributed by atoms with Gasteiger partial charge >= 0.3 is 0 Å². The quantitative estimate of drug-likeness (QED) is 0.503. The van der Waals surface area contributed by atoms with Gasteiger partial charge in [0, 0.05) is 38.1 Å². The van der Waals surface area contributed by atoms with Crippen LogP contribution < -0.4 is 16.4 Å². The molecule has 32 heavy (non-hydrogen) atoms. The molecule has 11 nitrogen and oxygen atoms in total. The third kappa shape index (κ3) is 4.18. The molecule has 170 valence electrons. The highest BCUT2D eigenvalue weighted by molar-refractivity contribution is 7.13. The number of hydrogen-bond acceptors (Lipinski definition) is 11. The fraction of sp³-hybridized carbons (Fsp3) is 0.550. The van der Waals surface area contributed by atoms with Gasteiger partial charge in [0.25, 0.3) is 0 Å². The molecule has 0 bridgehead atoms. The number of thiazole rings is 1. The Labute approximate surface area is 189 Å². The predicted octanol–water partition coefficient (Wildman–Crippen LogP) is 0.532. The van der Waals surface area contributed by atoms with Crippen molar-refractivity contribution in [3.8, 4) is 11.4 Å². The molecule has 12 heteroatoms. The first kappa shape index (κ1) is 21.2. The van der Waals surface area contributed by atoms with Crippen molar-refractivity contribution < 1.29 is 9.53 Å². The number of likely N-dealkylation sites (tertiary alicyclic amines) is 1. The smallest absolute Gasteiger partial charge is 0.228 e. The van der Waals surface area contributed by atoms with Crippen LogP contribution in [0.5, 0.6) is 0 Å². The number of piperidine rings is 1. The molecule has 3 aromatic heterocycles. The van der Waals surface area contributed by atoms with Crippen molar-refractivity contribution in [1.29, 1.82) is 0 Å². The Morgan fingerprint density at radius 3 is 2.66 bits per heavy atom. The molecule has 4 N–H and O–H groups in total. The molecule has 0 saturated carbocycles. The van der Waals surface area contributed by atoms with E-state index in [0.717, 1.165) is 67.7 Å². The number of hydrogen-bond donors (Lipinski definition) is 2. The van der Waals surface area contributed by atoms with Gasteiger partial charge in [-0.15, -0.1) is 11.3 Å².